The molecule has 0 unspecified atom stereocenters. The molecule has 1 aromatic carbocycles. The van der Waals surface area contributed by atoms with Crippen LogP contribution in [-0.4, -0.2) is 4.57 Å². The van der Waals surface area contributed by atoms with E-state index in [0.717, 1.165) is 11.3 Å². The van der Waals surface area contributed by atoms with Gasteiger partial charge in [-0.3, -0.25) is 5.41 Å². The molecule has 0 saturated heterocycles. The Labute approximate surface area is 113 Å². The highest BCUT2D eigenvalue weighted by Crippen LogP contribution is 2.39. The Bertz CT molecular complexity index is 690. The van der Waals surface area contributed by atoms with Crippen molar-refractivity contribution in [1.82, 2.24) is 4.57 Å². The van der Waals surface area contributed by atoms with Gasteiger partial charge in [-0.25, -0.2) is 0 Å². The molecule has 0 aliphatic heterocycles. The van der Waals surface area contributed by atoms with Gasteiger partial charge in [-0.05, 0) is 55.0 Å². The van der Waals surface area contributed by atoms with Crippen molar-refractivity contribution >= 4 is 5.70 Å². The average molecular weight is 250 g/mol. The molecule has 1 aliphatic rings. The van der Waals surface area contributed by atoms with Gasteiger partial charge in [0.2, 0.25) is 0 Å². The number of benzene rings is 1. The first-order valence-electron chi connectivity index (χ1n) is 6.68. The van der Waals surface area contributed by atoms with Crippen molar-refractivity contribution in [1.29, 1.82) is 5.41 Å². The van der Waals surface area contributed by atoms with Crippen LogP contribution in [-0.2, 0) is 0 Å². The predicted molar refractivity (Wildman–Crippen MR) is 77.9 cm³/mol. The topological polar surface area (TPSA) is 28.8 Å². The summed E-state index contributed by atoms with van der Waals surface area (Å²) in [6, 6.07) is 12.3. The lowest BCUT2D eigenvalue weighted by atomic mass is 10.1. The van der Waals surface area contributed by atoms with Crippen LogP contribution in [0.15, 0.2) is 49.2 Å². The first-order chi connectivity index (χ1) is 9.15. The fourth-order valence-corrected chi connectivity index (χ4v) is 2.39. The van der Waals surface area contributed by atoms with Gasteiger partial charge in [0.1, 0.15) is 5.49 Å². The van der Waals surface area contributed by atoms with Crippen molar-refractivity contribution in [2.24, 2.45) is 0 Å². The smallest absolute Gasteiger partial charge is 0.129 e. The third-order valence-electron chi connectivity index (χ3n) is 3.67. The van der Waals surface area contributed by atoms with E-state index < -0.39 is 0 Å². The Hall–Kier alpha value is -2.09. The van der Waals surface area contributed by atoms with Crippen molar-refractivity contribution in [2.75, 3.05) is 0 Å². The lowest BCUT2D eigenvalue weighted by Gasteiger charge is -2.12. The molecule has 3 rings (SSSR count). The maximum atomic E-state index is 8.17. The van der Waals surface area contributed by atoms with Gasteiger partial charge >= 0.3 is 0 Å². The number of pyridine rings is 1. The van der Waals surface area contributed by atoms with Crippen molar-refractivity contribution in [3.8, 4) is 0 Å². The molecular formula is C17H18N2. The fraction of sp³-hybridized carbons (Fsp3) is 0.235. The first kappa shape index (κ1) is 12.0. The molecule has 1 heterocycles. The predicted octanol–water partition coefficient (Wildman–Crippen LogP) is 3.67. The molecule has 0 radical (unpaired) electrons. The lowest BCUT2D eigenvalue weighted by molar-refractivity contribution is 0.926. The zero-order chi connectivity index (χ0) is 13.4. The highest BCUT2D eigenvalue weighted by atomic mass is 15.0. The van der Waals surface area contributed by atoms with Gasteiger partial charge < -0.3 is 4.57 Å². The summed E-state index contributed by atoms with van der Waals surface area (Å²) in [5.74, 6) is 0.686. The number of aromatic nitrogens is 1. The SMILES string of the molecule is C=C(c1cccc(C)c1)n1ccc(C2CC2)cc1=N. The van der Waals surface area contributed by atoms with E-state index >= 15 is 0 Å². The van der Waals surface area contributed by atoms with E-state index in [1.165, 1.54) is 24.0 Å². The minimum atomic E-state index is 0.510. The summed E-state index contributed by atoms with van der Waals surface area (Å²) in [6.45, 7) is 6.20. The highest BCUT2D eigenvalue weighted by molar-refractivity contribution is 5.64. The summed E-state index contributed by atoms with van der Waals surface area (Å²) in [6.07, 6.45) is 4.51. The second-order valence-electron chi connectivity index (χ2n) is 5.31. The van der Waals surface area contributed by atoms with E-state index in [9.17, 15) is 0 Å². The number of nitrogens with one attached hydrogen (secondary N) is 1. The molecule has 1 N–H and O–H groups in total. The van der Waals surface area contributed by atoms with Crippen LogP contribution in [0.1, 0.15) is 35.4 Å². The Balaban J connectivity index is 1.97. The van der Waals surface area contributed by atoms with E-state index in [0.29, 0.717) is 11.4 Å². The second-order valence-corrected chi connectivity index (χ2v) is 5.31. The minimum Gasteiger partial charge on any atom is -0.302 e. The van der Waals surface area contributed by atoms with Gasteiger partial charge in [0.15, 0.2) is 0 Å². The molecule has 0 bridgehead atoms. The van der Waals surface area contributed by atoms with Crippen LogP contribution in [0.3, 0.4) is 0 Å². The molecule has 0 amide bonds. The zero-order valence-electron chi connectivity index (χ0n) is 11.2. The first-order valence-corrected chi connectivity index (χ1v) is 6.68. The number of rotatable bonds is 3. The van der Waals surface area contributed by atoms with Gasteiger partial charge in [0.25, 0.3) is 0 Å². The van der Waals surface area contributed by atoms with Crippen LogP contribution in [0.4, 0.5) is 0 Å². The van der Waals surface area contributed by atoms with Crippen molar-refractivity contribution < 1.29 is 0 Å². The van der Waals surface area contributed by atoms with E-state index in [2.05, 4.69) is 31.7 Å². The van der Waals surface area contributed by atoms with Gasteiger partial charge in [0, 0.05) is 11.9 Å². The fourth-order valence-electron chi connectivity index (χ4n) is 2.39. The van der Waals surface area contributed by atoms with Crippen LogP contribution in [0.25, 0.3) is 5.70 Å². The lowest BCUT2D eigenvalue weighted by Crippen LogP contribution is -2.18. The van der Waals surface area contributed by atoms with Crippen LogP contribution in [0.2, 0.25) is 0 Å². The van der Waals surface area contributed by atoms with Crippen molar-refractivity contribution in [3.63, 3.8) is 0 Å². The van der Waals surface area contributed by atoms with E-state index in [4.69, 9.17) is 5.41 Å². The molecule has 2 aromatic rings. The van der Waals surface area contributed by atoms with Gasteiger partial charge in [-0.1, -0.05) is 30.3 Å². The third-order valence-corrected chi connectivity index (χ3v) is 3.67. The monoisotopic (exact) mass is 250 g/mol. The molecule has 1 aromatic heterocycles. The average Bonchev–Trinajstić information content (AvgIpc) is 3.22. The van der Waals surface area contributed by atoms with Crippen LogP contribution in [0, 0.1) is 12.3 Å². The maximum absolute atomic E-state index is 8.17. The van der Waals surface area contributed by atoms with E-state index in [-0.39, 0.29) is 0 Å². The molecule has 19 heavy (non-hydrogen) atoms. The summed E-state index contributed by atoms with van der Waals surface area (Å²) in [4.78, 5) is 0. The molecule has 1 saturated carbocycles. The molecular weight excluding hydrogens is 232 g/mol. The largest absolute Gasteiger partial charge is 0.302 e. The number of aryl methyl sites for hydroxylation is 1. The summed E-state index contributed by atoms with van der Waals surface area (Å²) < 4.78 is 1.85. The Morgan fingerprint density at radius 3 is 2.68 bits per heavy atom. The highest BCUT2D eigenvalue weighted by Gasteiger charge is 2.23. The van der Waals surface area contributed by atoms with E-state index in [1.54, 1.807) is 0 Å². The van der Waals surface area contributed by atoms with Crippen molar-refractivity contribution in [2.45, 2.75) is 25.7 Å². The minimum absolute atomic E-state index is 0.510. The molecule has 96 valence electrons. The van der Waals surface area contributed by atoms with Gasteiger partial charge in [-0.15, -0.1) is 0 Å². The Morgan fingerprint density at radius 2 is 2.05 bits per heavy atom. The quantitative estimate of drug-likeness (QED) is 0.861. The second kappa shape index (κ2) is 4.54. The molecule has 0 spiro atoms. The zero-order valence-corrected chi connectivity index (χ0v) is 11.2. The standard InChI is InChI=1S/C17H18N2/c1-12-4-3-5-15(10-12)13(2)19-9-8-16(11-17(19)18)14-6-7-14/h3-5,8-11,14,18H,2,6-7H2,1H3. The van der Waals surface area contributed by atoms with Crippen molar-refractivity contribution in [3.05, 3.63) is 71.4 Å². The number of hydrogen-bond donors (Lipinski definition) is 1. The van der Waals surface area contributed by atoms with Gasteiger partial charge in [-0.2, -0.15) is 0 Å². The maximum Gasteiger partial charge on any atom is 0.129 e. The molecule has 1 fully saturated rings. The van der Waals surface area contributed by atoms with Crippen LogP contribution < -0.4 is 5.49 Å². The number of hydrogen-bond acceptors (Lipinski definition) is 1. The molecule has 1 aliphatic carbocycles. The molecule has 0 atom stereocenters. The third kappa shape index (κ3) is 2.39. The van der Waals surface area contributed by atoms with Crippen LogP contribution in [0.5, 0.6) is 0 Å². The summed E-state index contributed by atoms with van der Waals surface area (Å²) in [7, 11) is 0. The summed E-state index contributed by atoms with van der Waals surface area (Å²) in [5.41, 5.74) is 4.93. The molecule has 2 nitrogen and oxygen atoms in total. The summed E-state index contributed by atoms with van der Waals surface area (Å²) in [5, 5.41) is 8.17. The normalized spacial score (nSPS) is 14.4. The number of nitrogens with zero attached hydrogens (tertiary/aromatic N) is 1. The van der Waals surface area contributed by atoms with Crippen LogP contribution >= 0.6 is 0 Å². The Morgan fingerprint density at radius 1 is 1.26 bits per heavy atom. The molecule has 2 heteroatoms. The Kier molecular flexibility index (Phi) is 2.86. The van der Waals surface area contributed by atoms with Gasteiger partial charge in [0.05, 0.1) is 0 Å². The summed E-state index contributed by atoms with van der Waals surface area (Å²) >= 11 is 0. The van der Waals surface area contributed by atoms with E-state index in [1.807, 2.05) is 29.0 Å².